The predicted octanol–water partition coefficient (Wildman–Crippen LogP) is 1.13. The van der Waals surface area contributed by atoms with Crippen LogP contribution in [0.3, 0.4) is 0 Å². The largest absolute Gasteiger partial charge is 0.481 e. The zero-order valence-corrected chi connectivity index (χ0v) is 8.21. The number of nitrogens with two attached hydrogens (primary N) is 1. The molecule has 5 nitrogen and oxygen atoms in total. The number of nitrogens with zero attached hydrogens (tertiary/aromatic N) is 3. The summed E-state index contributed by atoms with van der Waals surface area (Å²) in [6.45, 7) is 0. The smallest absolute Gasteiger partial charge is 0.212 e. The highest BCUT2D eigenvalue weighted by atomic mass is 16.5. The van der Waals surface area contributed by atoms with E-state index in [0.29, 0.717) is 11.7 Å². The van der Waals surface area contributed by atoms with Gasteiger partial charge in [0.05, 0.1) is 12.8 Å². The van der Waals surface area contributed by atoms with E-state index >= 15 is 0 Å². The number of aromatic nitrogens is 3. The van der Waals surface area contributed by atoms with Crippen LogP contribution in [0.1, 0.15) is 0 Å². The third-order valence-corrected chi connectivity index (χ3v) is 1.93. The van der Waals surface area contributed by atoms with Gasteiger partial charge in [-0.3, -0.25) is 0 Å². The van der Waals surface area contributed by atoms with Crippen molar-refractivity contribution in [3.05, 3.63) is 30.7 Å². The number of rotatable bonds is 2. The number of anilines is 1. The average molecular weight is 202 g/mol. The summed E-state index contributed by atoms with van der Waals surface area (Å²) in [5.41, 5.74) is 7.18. The van der Waals surface area contributed by atoms with Crippen molar-refractivity contribution >= 4 is 5.82 Å². The Bertz CT molecular complexity index is 455. The van der Waals surface area contributed by atoms with Crippen molar-refractivity contribution in [1.82, 2.24) is 15.0 Å². The van der Waals surface area contributed by atoms with Crippen molar-refractivity contribution in [2.24, 2.45) is 0 Å². The van der Waals surface area contributed by atoms with Crippen molar-refractivity contribution < 1.29 is 4.74 Å². The monoisotopic (exact) mass is 202 g/mol. The lowest BCUT2D eigenvalue weighted by Crippen LogP contribution is -1.93. The Balaban J connectivity index is 2.37. The van der Waals surface area contributed by atoms with Crippen LogP contribution in [0.2, 0.25) is 0 Å². The van der Waals surface area contributed by atoms with Crippen molar-refractivity contribution in [2.45, 2.75) is 0 Å². The number of hydrogen-bond acceptors (Lipinski definition) is 5. The molecule has 0 aromatic carbocycles. The quantitative estimate of drug-likeness (QED) is 0.790. The Morgan fingerprint density at radius 2 is 2.07 bits per heavy atom. The molecular formula is C10H10N4O. The van der Waals surface area contributed by atoms with Gasteiger partial charge in [0.1, 0.15) is 12.1 Å². The van der Waals surface area contributed by atoms with Crippen LogP contribution < -0.4 is 10.5 Å². The lowest BCUT2D eigenvalue weighted by molar-refractivity contribution is 0.398. The van der Waals surface area contributed by atoms with Crippen LogP contribution in [0, 0.1) is 0 Å². The van der Waals surface area contributed by atoms with Crippen LogP contribution in [0.25, 0.3) is 11.3 Å². The van der Waals surface area contributed by atoms with Crippen LogP contribution in [0.15, 0.2) is 30.7 Å². The Hall–Kier alpha value is -2.17. The molecule has 0 unspecified atom stereocenters. The van der Waals surface area contributed by atoms with E-state index in [0.717, 1.165) is 11.3 Å². The molecule has 0 aliphatic carbocycles. The van der Waals surface area contributed by atoms with E-state index in [-0.39, 0.29) is 0 Å². The minimum Gasteiger partial charge on any atom is -0.481 e. The summed E-state index contributed by atoms with van der Waals surface area (Å²) in [6, 6.07) is 5.34. The second kappa shape index (κ2) is 3.91. The molecule has 76 valence electrons. The molecule has 15 heavy (non-hydrogen) atoms. The summed E-state index contributed by atoms with van der Waals surface area (Å²) >= 11 is 0. The molecule has 0 radical (unpaired) electrons. The van der Waals surface area contributed by atoms with Gasteiger partial charge in [-0.15, -0.1) is 0 Å². The molecule has 0 bridgehead atoms. The Morgan fingerprint density at radius 1 is 1.20 bits per heavy atom. The molecule has 0 saturated heterocycles. The number of ether oxygens (including phenoxy) is 1. The SMILES string of the molecule is COc1ccc(-c2cc(N)ncn2)cn1. The Labute approximate surface area is 87.0 Å². The molecule has 2 aromatic rings. The van der Waals surface area contributed by atoms with E-state index in [9.17, 15) is 0 Å². The number of pyridine rings is 1. The Morgan fingerprint density at radius 3 is 2.67 bits per heavy atom. The van der Waals surface area contributed by atoms with Crippen molar-refractivity contribution in [1.29, 1.82) is 0 Å². The van der Waals surface area contributed by atoms with Gasteiger partial charge < -0.3 is 10.5 Å². The molecule has 2 rings (SSSR count). The summed E-state index contributed by atoms with van der Waals surface area (Å²) in [5.74, 6) is 1.01. The fourth-order valence-corrected chi connectivity index (χ4v) is 1.18. The van der Waals surface area contributed by atoms with Crippen LogP contribution >= 0.6 is 0 Å². The van der Waals surface area contributed by atoms with E-state index in [1.165, 1.54) is 6.33 Å². The zero-order valence-electron chi connectivity index (χ0n) is 8.21. The van der Waals surface area contributed by atoms with Crippen molar-refractivity contribution in [3.8, 4) is 17.1 Å². The van der Waals surface area contributed by atoms with Crippen LogP contribution in [0.4, 0.5) is 5.82 Å². The first-order valence-electron chi connectivity index (χ1n) is 4.37. The molecule has 0 saturated carbocycles. The van der Waals surface area contributed by atoms with Gasteiger partial charge in [0.2, 0.25) is 5.88 Å². The van der Waals surface area contributed by atoms with Gasteiger partial charge in [-0.05, 0) is 6.07 Å². The van der Waals surface area contributed by atoms with E-state index in [2.05, 4.69) is 15.0 Å². The molecule has 0 aliphatic heterocycles. The first-order valence-corrected chi connectivity index (χ1v) is 4.37. The molecule has 2 aromatic heterocycles. The normalized spacial score (nSPS) is 9.93. The summed E-state index contributed by atoms with van der Waals surface area (Å²) in [6.07, 6.45) is 3.11. The summed E-state index contributed by atoms with van der Waals surface area (Å²) < 4.78 is 4.96. The Kier molecular flexibility index (Phi) is 2.45. The molecule has 5 heteroatoms. The maximum Gasteiger partial charge on any atom is 0.212 e. The van der Waals surface area contributed by atoms with E-state index in [4.69, 9.17) is 10.5 Å². The predicted molar refractivity (Wildman–Crippen MR) is 56.2 cm³/mol. The van der Waals surface area contributed by atoms with Crippen molar-refractivity contribution in [3.63, 3.8) is 0 Å². The van der Waals surface area contributed by atoms with Gasteiger partial charge >= 0.3 is 0 Å². The van der Waals surface area contributed by atoms with Gasteiger partial charge in [-0.1, -0.05) is 0 Å². The minimum absolute atomic E-state index is 0.441. The second-order valence-corrected chi connectivity index (χ2v) is 2.92. The maximum absolute atomic E-state index is 5.56. The summed E-state index contributed by atoms with van der Waals surface area (Å²) in [5, 5.41) is 0. The number of hydrogen-bond donors (Lipinski definition) is 1. The van der Waals surface area contributed by atoms with Crippen LogP contribution in [0.5, 0.6) is 5.88 Å². The molecule has 2 heterocycles. The summed E-state index contributed by atoms with van der Waals surface area (Å²) in [7, 11) is 1.57. The highest BCUT2D eigenvalue weighted by Crippen LogP contribution is 2.18. The fourth-order valence-electron chi connectivity index (χ4n) is 1.18. The summed E-state index contributed by atoms with van der Waals surface area (Å²) in [4.78, 5) is 12.0. The van der Waals surface area contributed by atoms with E-state index < -0.39 is 0 Å². The molecular weight excluding hydrogens is 192 g/mol. The van der Waals surface area contributed by atoms with Gasteiger partial charge in [0.25, 0.3) is 0 Å². The molecule has 0 amide bonds. The zero-order chi connectivity index (χ0) is 10.7. The molecule has 0 fully saturated rings. The molecule has 0 aliphatic rings. The lowest BCUT2D eigenvalue weighted by atomic mass is 10.2. The maximum atomic E-state index is 5.56. The van der Waals surface area contributed by atoms with Crippen LogP contribution in [-0.4, -0.2) is 22.1 Å². The highest BCUT2D eigenvalue weighted by molar-refractivity contribution is 5.60. The highest BCUT2D eigenvalue weighted by Gasteiger charge is 2.01. The first-order chi connectivity index (χ1) is 7.29. The average Bonchev–Trinajstić information content (AvgIpc) is 2.29. The first kappa shape index (κ1) is 9.39. The number of methoxy groups -OCH3 is 1. The third kappa shape index (κ3) is 2.01. The van der Waals surface area contributed by atoms with Gasteiger partial charge in [-0.25, -0.2) is 15.0 Å². The molecule has 0 atom stereocenters. The van der Waals surface area contributed by atoms with Gasteiger partial charge in [0, 0.05) is 23.9 Å². The fraction of sp³-hybridized carbons (Fsp3) is 0.100. The van der Waals surface area contributed by atoms with Crippen molar-refractivity contribution in [2.75, 3.05) is 12.8 Å². The minimum atomic E-state index is 0.441. The van der Waals surface area contributed by atoms with Crippen LogP contribution in [-0.2, 0) is 0 Å². The third-order valence-electron chi connectivity index (χ3n) is 1.93. The topological polar surface area (TPSA) is 73.9 Å². The van der Waals surface area contributed by atoms with E-state index in [1.54, 1.807) is 25.4 Å². The molecule has 0 spiro atoms. The lowest BCUT2D eigenvalue weighted by Gasteiger charge is -2.02. The van der Waals surface area contributed by atoms with Gasteiger partial charge in [-0.2, -0.15) is 0 Å². The number of nitrogen functional groups attached to an aromatic ring is 1. The van der Waals surface area contributed by atoms with Gasteiger partial charge in [0.15, 0.2) is 0 Å². The second-order valence-electron chi connectivity index (χ2n) is 2.92. The van der Waals surface area contributed by atoms with E-state index in [1.807, 2.05) is 6.07 Å². The molecule has 2 N–H and O–H groups in total. The standard InChI is InChI=1S/C10H10N4O/c1-15-10-3-2-7(5-12-10)8-4-9(11)14-6-13-8/h2-6H,1H3,(H2,11,13,14).